The lowest BCUT2D eigenvalue weighted by Gasteiger charge is -2.19. The molecule has 1 aromatic heterocycles. The van der Waals surface area contributed by atoms with Gasteiger partial charge >= 0.3 is 0 Å². The van der Waals surface area contributed by atoms with Crippen molar-refractivity contribution in [1.29, 1.82) is 0 Å². The van der Waals surface area contributed by atoms with E-state index in [9.17, 15) is 0 Å². The highest BCUT2D eigenvalue weighted by atomic mass is 32.1. The van der Waals surface area contributed by atoms with Crippen LogP contribution >= 0.6 is 11.3 Å². The summed E-state index contributed by atoms with van der Waals surface area (Å²) in [6, 6.07) is 9.27. The molecule has 0 saturated heterocycles. The lowest BCUT2D eigenvalue weighted by molar-refractivity contribution is 0.695. The van der Waals surface area contributed by atoms with Crippen LogP contribution in [0, 0.1) is 27.7 Å². The molecule has 0 aliphatic carbocycles. The van der Waals surface area contributed by atoms with Gasteiger partial charge in [-0.1, -0.05) is 23.8 Å². The largest absolute Gasteiger partial charge is 0.309 e. The fourth-order valence-electron chi connectivity index (χ4n) is 2.44. The molecule has 1 nitrogen and oxygen atoms in total. The monoisotopic (exact) mass is 259 g/mol. The highest BCUT2D eigenvalue weighted by Gasteiger charge is 2.18. The van der Waals surface area contributed by atoms with Gasteiger partial charge in [0.25, 0.3) is 0 Å². The zero-order chi connectivity index (χ0) is 13.3. The summed E-state index contributed by atoms with van der Waals surface area (Å²) in [5, 5.41) is 3.47. The van der Waals surface area contributed by atoms with Crippen molar-refractivity contribution < 1.29 is 0 Å². The van der Waals surface area contributed by atoms with E-state index in [0.717, 1.165) is 0 Å². The van der Waals surface area contributed by atoms with Gasteiger partial charge in [-0.15, -0.1) is 11.3 Å². The molecule has 1 unspecified atom stereocenters. The van der Waals surface area contributed by atoms with Gasteiger partial charge in [0.1, 0.15) is 0 Å². The maximum Gasteiger partial charge on any atom is 0.0674 e. The van der Waals surface area contributed by atoms with Gasteiger partial charge < -0.3 is 5.32 Å². The predicted octanol–water partition coefficient (Wildman–Crippen LogP) is 4.29. The second kappa shape index (κ2) is 5.25. The zero-order valence-electron chi connectivity index (χ0n) is 11.8. The summed E-state index contributed by atoms with van der Waals surface area (Å²) >= 11 is 1.89. The summed E-state index contributed by atoms with van der Waals surface area (Å²) < 4.78 is 0. The van der Waals surface area contributed by atoms with E-state index in [1.54, 1.807) is 0 Å². The van der Waals surface area contributed by atoms with Gasteiger partial charge in [0.05, 0.1) is 6.04 Å². The van der Waals surface area contributed by atoms with Crippen LogP contribution in [0.4, 0.5) is 0 Å². The van der Waals surface area contributed by atoms with Crippen LogP contribution in [0.15, 0.2) is 24.3 Å². The Morgan fingerprint density at radius 1 is 1.00 bits per heavy atom. The third-order valence-corrected chi connectivity index (χ3v) is 4.59. The molecule has 18 heavy (non-hydrogen) atoms. The summed E-state index contributed by atoms with van der Waals surface area (Å²) in [5.74, 6) is 0. The lowest BCUT2D eigenvalue weighted by atomic mass is 9.96. The van der Waals surface area contributed by atoms with Crippen molar-refractivity contribution >= 4 is 11.3 Å². The number of hydrogen-bond acceptors (Lipinski definition) is 2. The highest BCUT2D eigenvalue weighted by Crippen LogP contribution is 2.33. The number of aryl methyl sites for hydroxylation is 4. The summed E-state index contributed by atoms with van der Waals surface area (Å²) in [7, 11) is 2.04. The minimum absolute atomic E-state index is 0.309. The van der Waals surface area contributed by atoms with E-state index in [0.29, 0.717) is 6.04 Å². The van der Waals surface area contributed by atoms with E-state index in [2.05, 4.69) is 57.3 Å². The average molecular weight is 259 g/mol. The van der Waals surface area contributed by atoms with Crippen molar-refractivity contribution in [3.8, 4) is 0 Å². The number of rotatable bonds is 3. The maximum absolute atomic E-state index is 3.47. The molecule has 1 aromatic carbocycles. The van der Waals surface area contributed by atoms with Gasteiger partial charge in [-0.3, -0.25) is 0 Å². The Hall–Kier alpha value is -1.12. The van der Waals surface area contributed by atoms with Crippen LogP contribution in [-0.4, -0.2) is 7.05 Å². The van der Waals surface area contributed by atoms with Crippen LogP contribution in [0.3, 0.4) is 0 Å². The molecule has 0 spiro atoms. The van der Waals surface area contributed by atoms with E-state index in [4.69, 9.17) is 0 Å². The fourth-order valence-corrected chi connectivity index (χ4v) is 3.61. The molecule has 2 heteroatoms. The Labute approximate surface area is 114 Å². The van der Waals surface area contributed by atoms with Gasteiger partial charge in [0.15, 0.2) is 0 Å². The van der Waals surface area contributed by atoms with Crippen LogP contribution in [0.25, 0.3) is 0 Å². The van der Waals surface area contributed by atoms with E-state index >= 15 is 0 Å². The quantitative estimate of drug-likeness (QED) is 0.867. The molecule has 1 N–H and O–H groups in total. The fraction of sp³-hybridized carbons (Fsp3) is 0.375. The second-order valence-corrected chi connectivity index (χ2v) is 6.27. The van der Waals surface area contributed by atoms with Crippen LogP contribution in [0.1, 0.15) is 38.0 Å². The minimum Gasteiger partial charge on any atom is -0.309 e. The molecule has 0 bridgehead atoms. The third kappa shape index (κ3) is 2.50. The van der Waals surface area contributed by atoms with E-state index in [1.165, 1.54) is 32.0 Å². The van der Waals surface area contributed by atoms with E-state index < -0.39 is 0 Å². The first kappa shape index (κ1) is 13.3. The normalized spacial score (nSPS) is 12.7. The van der Waals surface area contributed by atoms with Crippen molar-refractivity contribution in [1.82, 2.24) is 5.32 Å². The summed E-state index contributed by atoms with van der Waals surface area (Å²) in [6.45, 7) is 8.72. The summed E-state index contributed by atoms with van der Waals surface area (Å²) in [4.78, 5) is 2.82. The SMILES string of the molecule is CNC(c1cc(C)ccc1C)c1sc(C)cc1C. The van der Waals surface area contributed by atoms with Crippen molar-refractivity contribution in [2.45, 2.75) is 33.7 Å². The predicted molar refractivity (Wildman–Crippen MR) is 80.6 cm³/mol. The standard InChI is InChI=1S/C16H21NS/c1-10-6-7-11(2)14(8-10)15(17-5)16-12(3)9-13(4)18-16/h6-9,15,17H,1-5H3. The van der Waals surface area contributed by atoms with E-state index in [1.807, 2.05) is 18.4 Å². The van der Waals surface area contributed by atoms with Gasteiger partial charge in [0, 0.05) is 9.75 Å². The number of benzene rings is 1. The van der Waals surface area contributed by atoms with Gasteiger partial charge in [-0.2, -0.15) is 0 Å². The molecule has 0 saturated carbocycles. The topological polar surface area (TPSA) is 12.0 Å². The molecule has 0 fully saturated rings. The van der Waals surface area contributed by atoms with Crippen LogP contribution in [-0.2, 0) is 0 Å². The van der Waals surface area contributed by atoms with E-state index in [-0.39, 0.29) is 0 Å². The second-order valence-electron chi connectivity index (χ2n) is 4.99. The smallest absolute Gasteiger partial charge is 0.0674 e. The first-order valence-electron chi connectivity index (χ1n) is 6.34. The average Bonchev–Trinajstić information content (AvgIpc) is 2.64. The Morgan fingerprint density at radius 2 is 1.72 bits per heavy atom. The van der Waals surface area contributed by atoms with Crippen LogP contribution in [0.2, 0.25) is 0 Å². The summed E-state index contributed by atoms with van der Waals surface area (Å²) in [6.07, 6.45) is 0. The maximum atomic E-state index is 3.47. The first-order chi connectivity index (χ1) is 8.52. The van der Waals surface area contributed by atoms with Crippen molar-refractivity contribution in [2.24, 2.45) is 0 Å². The molecule has 0 aliphatic heterocycles. The molecule has 96 valence electrons. The molecule has 0 aliphatic rings. The molecule has 0 amide bonds. The highest BCUT2D eigenvalue weighted by molar-refractivity contribution is 7.12. The minimum atomic E-state index is 0.309. The molecular weight excluding hydrogens is 238 g/mol. The van der Waals surface area contributed by atoms with Crippen LogP contribution in [0.5, 0.6) is 0 Å². The lowest BCUT2D eigenvalue weighted by Crippen LogP contribution is -2.18. The number of nitrogens with one attached hydrogen (secondary N) is 1. The van der Waals surface area contributed by atoms with Gasteiger partial charge in [-0.25, -0.2) is 0 Å². The number of thiophene rings is 1. The Morgan fingerprint density at radius 3 is 2.28 bits per heavy atom. The van der Waals surface area contributed by atoms with Gasteiger partial charge in [-0.05, 0) is 57.5 Å². The van der Waals surface area contributed by atoms with Crippen molar-refractivity contribution in [3.05, 3.63) is 56.3 Å². The summed E-state index contributed by atoms with van der Waals surface area (Å²) in [5.41, 5.74) is 5.45. The zero-order valence-corrected chi connectivity index (χ0v) is 12.6. The Bertz CT molecular complexity index is 554. The van der Waals surface area contributed by atoms with Gasteiger partial charge in [0.2, 0.25) is 0 Å². The van der Waals surface area contributed by atoms with Crippen molar-refractivity contribution in [3.63, 3.8) is 0 Å². The third-order valence-electron chi connectivity index (χ3n) is 3.38. The Kier molecular flexibility index (Phi) is 3.88. The molecule has 1 heterocycles. The molecule has 1 atom stereocenters. The first-order valence-corrected chi connectivity index (χ1v) is 7.16. The molecule has 0 radical (unpaired) electrons. The molecule has 2 rings (SSSR count). The van der Waals surface area contributed by atoms with Crippen LogP contribution < -0.4 is 5.32 Å². The molecule has 2 aromatic rings. The molecular formula is C16H21NS. The Balaban J connectivity index is 2.51. The number of hydrogen-bond donors (Lipinski definition) is 1. The van der Waals surface area contributed by atoms with Crippen molar-refractivity contribution in [2.75, 3.05) is 7.05 Å².